The molecular weight excluding hydrogens is 431 g/mol. The fraction of sp³-hybridized carbons (Fsp3) is 0.609. The standard InChI is InChI=1S/C23H32F3N7/c1-16(2)19-12-21(33-6-4-18(5-7-33)32-10-8-31(3)9-11-32)27-15-20(19)30-22-28-13-17(14-29-22)23(24,25)26/h12-16,18H,4-11H2,1-3H3,(H,28,29,30). The Balaban J connectivity index is 1.42. The van der Waals surface area contributed by atoms with Crippen molar-refractivity contribution in [3.05, 3.63) is 35.8 Å². The van der Waals surface area contributed by atoms with Gasteiger partial charge in [0.2, 0.25) is 5.95 Å². The monoisotopic (exact) mass is 463 g/mol. The molecule has 0 bridgehead atoms. The van der Waals surface area contributed by atoms with E-state index in [1.54, 1.807) is 6.20 Å². The largest absolute Gasteiger partial charge is 0.419 e. The molecular formula is C23H32F3N7. The van der Waals surface area contributed by atoms with Gasteiger partial charge in [-0.1, -0.05) is 13.8 Å². The predicted octanol–water partition coefficient (Wildman–Crippen LogP) is 3.97. The number of piperidine rings is 1. The Bertz CT molecular complexity index is 917. The maximum atomic E-state index is 12.8. The van der Waals surface area contributed by atoms with E-state index in [0.717, 1.165) is 75.9 Å². The van der Waals surface area contributed by atoms with Crippen LogP contribution in [0.2, 0.25) is 0 Å². The summed E-state index contributed by atoms with van der Waals surface area (Å²) in [5.74, 6) is 1.26. The van der Waals surface area contributed by atoms with Crippen molar-refractivity contribution in [3.63, 3.8) is 0 Å². The highest BCUT2D eigenvalue weighted by Gasteiger charge is 2.31. The SMILES string of the molecule is CC(C)c1cc(N2CCC(N3CCN(C)CC3)CC2)ncc1Nc1ncc(C(F)(F)F)cn1. The highest BCUT2D eigenvalue weighted by molar-refractivity contribution is 5.62. The lowest BCUT2D eigenvalue weighted by molar-refractivity contribution is -0.138. The predicted molar refractivity (Wildman–Crippen MR) is 123 cm³/mol. The summed E-state index contributed by atoms with van der Waals surface area (Å²) >= 11 is 0. The number of rotatable bonds is 5. The Morgan fingerprint density at radius 1 is 0.939 bits per heavy atom. The van der Waals surface area contributed by atoms with Gasteiger partial charge in [0, 0.05) is 57.7 Å². The molecule has 2 fully saturated rings. The third kappa shape index (κ3) is 5.73. The van der Waals surface area contributed by atoms with E-state index in [1.165, 1.54) is 0 Å². The van der Waals surface area contributed by atoms with Crippen LogP contribution in [0.5, 0.6) is 0 Å². The second-order valence-corrected chi connectivity index (χ2v) is 9.26. The van der Waals surface area contributed by atoms with Gasteiger partial charge >= 0.3 is 6.18 Å². The molecule has 0 unspecified atom stereocenters. The molecule has 2 aromatic heterocycles. The zero-order chi connectivity index (χ0) is 23.6. The van der Waals surface area contributed by atoms with Gasteiger partial charge in [0.25, 0.3) is 0 Å². The van der Waals surface area contributed by atoms with E-state index < -0.39 is 11.7 Å². The second kappa shape index (κ2) is 9.80. The minimum atomic E-state index is -4.46. The first-order valence-corrected chi connectivity index (χ1v) is 11.5. The Labute approximate surface area is 193 Å². The average Bonchev–Trinajstić information content (AvgIpc) is 2.80. The lowest BCUT2D eigenvalue weighted by Gasteiger charge is -2.42. The van der Waals surface area contributed by atoms with Crippen molar-refractivity contribution in [1.82, 2.24) is 24.8 Å². The van der Waals surface area contributed by atoms with Crippen molar-refractivity contribution in [2.45, 2.75) is 44.8 Å². The molecule has 0 atom stereocenters. The zero-order valence-corrected chi connectivity index (χ0v) is 19.4. The van der Waals surface area contributed by atoms with Crippen LogP contribution in [0.25, 0.3) is 0 Å². The van der Waals surface area contributed by atoms with E-state index in [4.69, 9.17) is 0 Å². The van der Waals surface area contributed by atoms with Gasteiger partial charge < -0.3 is 15.1 Å². The number of pyridine rings is 1. The Morgan fingerprint density at radius 3 is 2.15 bits per heavy atom. The van der Waals surface area contributed by atoms with Crippen molar-refractivity contribution in [2.75, 3.05) is 56.5 Å². The smallest absolute Gasteiger partial charge is 0.356 e. The van der Waals surface area contributed by atoms with Crippen LogP contribution in [0, 0.1) is 0 Å². The van der Waals surface area contributed by atoms with Gasteiger partial charge in [-0.2, -0.15) is 13.2 Å². The molecule has 0 aromatic carbocycles. The van der Waals surface area contributed by atoms with E-state index in [-0.39, 0.29) is 11.9 Å². The molecule has 0 aliphatic carbocycles. The molecule has 0 amide bonds. The van der Waals surface area contributed by atoms with E-state index >= 15 is 0 Å². The summed E-state index contributed by atoms with van der Waals surface area (Å²) in [6.07, 6.45) is 1.11. The summed E-state index contributed by atoms with van der Waals surface area (Å²) in [5, 5.41) is 3.04. The minimum absolute atomic E-state index is 0.118. The summed E-state index contributed by atoms with van der Waals surface area (Å²) < 4.78 is 38.3. The number of nitrogens with zero attached hydrogens (tertiary/aromatic N) is 6. The van der Waals surface area contributed by atoms with Gasteiger partial charge in [-0.15, -0.1) is 0 Å². The van der Waals surface area contributed by atoms with E-state index in [9.17, 15) is 13.2 Å². The Hall–Kier alpha value is -2.46. The molecule has 2 aliphatic heterocycles. The van der Waals surface area contributed by atoms with Crippen LogP contribution < -0.4 is 10.2 Å². The van der Waals surface area contributed by atoms with Crippen molar-refractivity contribution in [1.29, 1.82) is 0 Å². The number of piperazine rings is 1. The van der Waals surface area contributed by atoms with Crippen molar-refractivity contribution < 1.29 is 13.2 Å². The summed E-state index contributed by atoms with van der Waals surface area (Å²) in [6, 6.07) is 2.71. The second-order valence-electron chi connectivity index (χ2n) is 9.26. The zero-order valence-electron chi connectivity index (χ0n) is 19.4. The number of hydrogen-bond donors (Lipinski definition) is 1. The molecule has 2 aromatic rings. The number of likely N-dealkylation sites (N-methyl/N-ethyl adjacent to an activating group) is 1. The van der Waals surface area contributed by atoms with E-state index in [0.29, 0.717) is 11.7 Å². The first-order valence-electron chi connectivity index (χ1n) is 11.5. The van der Waals surface area contributed by atoms with Crippen molar-refractivity contribution in [3.8, 4) is 0 Å². The number of nitrogens with one attached hydrogen (secondary N) is 1. The fourth-order valence-electron chi connectivity index (χ4n) is 4.52. The van der Waals surface area contributed by atoms with Gasteiger partial charge in [0.1, 0.15) is 5.82 Å². The number of hydrogen-bond acceptors (Lipinski definition) is 7. The molecule has 1 N–H and O–H groups in total. The highest BCUT2D eigenvalue weighted by atomic mass is 19.4. The number of anilines is 3. The molecule has 7 nitrogen and oxygen atoms in total. The quantitative estimate of drug-likeness (QED) is 0.720. The number of aromatic nitrogens is 3. The normalized spacial score (nSPS) is 19.3. The molecule has 2 aliphatic rings. The highest BCUT2D eigenvalue weighted by Crippen LogP contribution is 2.32. The van der Waals surface area contributed by atoms with E-state index in [1.807, 2.05) is 0 Å². The van der Waals surface area contributed by atoms with Crippen molar-refractivity contribution in [2.24, 2.45) is 0 Å². The van der Waals surface area contributed by atoms with Crippen LogP contribution in [-0.2, 0) is 6.18 Å². The molecule has 0 radical (unpaired) electrons. The summed E-state index contributed by atoms with van der Waals surface area (Å²) in [6.45, 7) is 10.7. The summed E-state index contributed by atoms with van der Waals surface area (Å²) in [5.41, 5.74) is 0.871. The van der Waals surface area contributed by atoms with Crippen LogP contribution in [-0.4, -0.2) is 77.1 Å². The molecule has 4 heterocycles. The van der Waals surface area contributed by atoms with Crippen LogP contribution in [0.4, 0.5) is 30.6 Å². The average molecular weight is 464 g/mol. The first kappa shape index (κ1) is 23.7. The fourth-order valence-corrected chi connectivity index (χ4v) is 4.52. The van der Waals surface area contributed by atoms with Gasteiger partial charge in [0.05, 0.1) is 17.4 Å². The molecule has 33 heavy (non-hydrogen) atoms. The molecule has 4 rings (SSSR count). The van der Waals surface area contributed by atoms with E-state index in [2.05, 4.69) is 61.9 Å². The lowest BCUT2D eigenvalue weighted by atomic mass is 10.00. The third-order valence-electron chi connectivity index (χ3n) is 6.61. The van der Waals surface area contributed by atoms with Crippen molar-refractivity contribution >= 4 is 17.5 Å². The number of halogens is 3. The molecule has 2 saturated heterocycles. The van der Waals surface area contributed by atoms with Gasteiger partial charge in [0.15, 0.2) is 0 Å². The topological polar surface area (TPSA) is 60.4 Å². The number of alkyl halides is 3. The molecule has 0 spiro atoms. The molecule has 10 heteroatoms. The Morgan fingerprint density at radius 2 is 1.58 bits per heavy atom. The Kier molecular flexibility index (Phi) is 7.04. The first-order chi connectivity index (χ1) is 15.7. The maximum absolute atomic E-state index is 12.8. The summed E-state index contributed by atoms with van der Waals surface area (Å²) in [7, 11) is 2.18. The van der Waals surface area contributed by atoms with Crippen LogP contribution in [0.15, 0.2) is 24.7 Å². The van der Waals surface area contributed by atoms with Crippen LogP contribution in [0.3, 0.4) is 0 Å². The maximum Gasteiger partial charge on any atom is 0.419 e. The van der Waals surface area contributed by atoms with Crippen LogP contribution >= 0.6 is 0 Å². The third-order valence-corrected chi connectivity index (χ3v) is 6.61. The summed E-state index contributed by atoms with van der Waals surface area (Å²) in [4.78, 5) is 19.6. The van der Waals surface area contributed by atoms with Crippen LogP contribution in [0.1, 0.15) is 43.7 Å². The lowest BCUT2D eigenvalue weighted by Crippen LogP contribution is -2.52. The minimum Gasteiger partial charge on any atom is -0.356 e. The molecule has 180 valence electrons. The van der Waals surface area contributed by atoms with Gasteiger partial charge in [-0.25, -0.2) is 15.0 Å². The van der Waals surface area contributed by atoms with Gasteiger partial charge in [-0.3, -0.25) is 4.90 Å². The molecule has 0 saturated carbocycles. The van der Waals surface area contributed by atoms with Gasteiger partial charge in [-0.05, 0) is 37.4 Å².